The van der Waals surface area contributed by atoms with Crippen LogP contribution in [-0.2, 0) is 10.5 Å². The molecular weight excluding hydrogens is 466 g/mol. The minimum Gasteiger partial charge on any atom is -0.272 e. The number of nitro benzene ring substituents is 1. The first kappa shape index (κ1) is 22.2. The lowest BCUT2D eigenvalue weighted by Gasteiger charge is -1.99. The lowest BCUT2D eigenvalue weighted by Crippen LogP contribution is -2.19. The third-order valence-corrected chi connectivity index (χ3v) is 7.03. The van der Waals surface area contributed by atoms with Gasteiger partial charge in [0.15, 0.2) is 8.68 Å². The average molecular weight is 480 g/mol. The molecule has 12 heteroatoms. The van der Waals surface area contributed by atoms with Gasteiger partial charge in [-0.2, -0.15) is 5.10 Å². The van der Waals surface area contributed by atoms with Crippen LogP contribution in [0.15, 0.2) is 62.3 Å². The van der Waals surface area contributed by atoms with Gasteiger partial charge in [0.1, 0.15) is 0 Å². The summed E-state index contributed by atoms with van der Waals surface area (Å²) < 4.78 is 1.48. The summed E-state index contributed by atoms with van der Waals surface area (Å²) in [7, 11) is 0. The van der Waals surface area contributed by atoms with Crippen LogP contribution in [-0.4, -0.2) is 33.0 Å². The number of amides is 1. The molecule has 1 heterocycles. The molecule has 0 aliphatic heterocycles. The molecule has 0 spiro atoms. The Labute approximate surface area is 189 Å². The van der Waals surface area contributed by atoms with Crippen molar-refractivity contribution in [3.63, 3.8) is 0 Å². The number of nitro groups is 1. The summed E-state index contributed by atoms with van der Waals surface area (Å²) in [4.78, 5) is 22.4. The van der Waals surface area contributed by atoms with Gasteiger partial charge in [-0.3, -0.25) is 14.9 Å². The van der Waals surface area contributed by atoms with Crippen molar-refractivity contribution in [2.75, 3.05) is 5.75 Å². The van der Waals surface area contributed by atoms with E-state index >= 15 is 0 Å². The first-order valence-electron chi connectivity index (χ1n) is 8.40. The molecule has 0 bridgehead atoms. The van der Waals surface area contributed by atoms with E-state index in [1.165, 1.54) is 35.4 Å². The van der Waals surface area contributed by atoms with Crippen molar-refractivity contribution in [1.29, 1.82) is 0 Å². The number of hydrazone groups is 1. The van der Waals surface area contributed by atoms with Crippen LogP contribution in [0.4, 0.5) is 5.69 Å². The van der Waals surface area contributed by atoms with Crippen LogP contribution in [0.2, 0.25) is 5.02 Å². The van der Waals surface area contributed by atoms with Crippen LogP contribution in [0.3, 0.4) is 0 Å². The normalized spacial score (nSPS) is 11.0. The standard InChI is InChI=1S/C18H14ClN5O3S3/c19-14-7-5-12(6-8-14)10-28-17-22-23-18(30-17)29-11-16(25)21-20-9-13-3-1-2-4-15(13)24(26)27/h1-9H,10-11H2,(H,21,25)/b20-9+. The van der Waals surface area contributed by atoms with E-state index in [-0.39, 0.29) is 17.3 Å². The number of rotatable bonds is 9. The number of thioether (sulfide) groups is 2. The number of nitrogens with zero attached hydrogens (tertiary/aromatic N) is 4. The van der Waals surface area contributed by atoms with Gasteiger partial charge in [-0.05, 0) is 23.8 Å². The summed E-state index contributed by atoms with van der Waals surface area (Å²) in [5.41, 5.74) is 3.71. The fraction of sp³-hybridized carbons (Fsp3) is 0.111. The Kier molecular flexibility index (Phi) is 8.20. The van der Waals surface area contributed by atoms with E-state index in [4.69, 9.17) is 11.6 Å². The molecule has 0 aliphatic rings. The van der Waals surface area contributed by atoms with Gasteiger partial charge in [0, 0.05) is 16.8 Å². The molecule has 0 unspecified atom stereocenters. The quantitative estimate of drug-likeness (QED) is 0.206. The number of benzene rings is 2. The Morgan fingerprint density at radius 2 is 1.87 bits per heavy atom. The predicted octanol–water partition coefficient (Wildman–Crippen LogP) is 4.63. The zero-order chi connectivity index (χ0) is 21.3. The topological polar surface area (TPSA) is 110 Å². The summed E-state index contributed by atoms with van der Waals surface area (Å²) in [5.74, 6) is 0.502. The highest BCUT2D eigenvalue weighted by atomic mass is 35.5. The molecule has 0 radical (unpaired) electrons. The van der Waals surface area contributed by atoms with Crippen molar-refractivity contribution in [2.45, 2.75) is 14.4 Å². The monoisotopic (exact) mass is 479 g/mol. The van der Waals surface area contributed by atoms with Crippen LogP contribution < -0.4 is 5.43 Å². The third kappa shape index (κ3) is 6.80. The van der Waals surface area contributed by atoms with Crippen molar-refractivity contribution in [2.24, 2.45) is 5.10 Å². The van der Waals surface area contributed by atoms with Crippen molar-refractivity contribution in [3.05, 3.63) is 74.8 Å². The van der Waals surface area contributed by atoms with Gasteiger partial charge in [0.25, 0.3) is 11.6 Å². The second-order valence-electron chi connectivity index (χ2n) is 5.65. The molecule has 8 nitrogen and oxygen atoms in total. The number of aromatic nitrogens is 2. The van der Waals surface area contributed by atoms with Crippen LogP contribution in [0.5, 0.6) is 0 Å². The van der Waals surface area contributed by atoms with E-state index in [2.05, 4.69) is 20.7 Å². The fourth-order valence-electron chi connectivity index (χ4n) is 2.14. The Morgan fingerprint density at radius 3 is 2.60 bits per heavy atom. The molecule has 30 heavy (non-hydrogen) atoms. The van der Waals surface area contributed by atoms with E-state index in [1.54, 1.807) is 30.0 Å². The molecule has 1 amide bonds. The van der Waals surface area contributed by atoms with Gasteiger partial charge in [0.05, 0.1) is 22.5 Å². The van der Waals surface area contributed by atoms with E-state index in [0.717, 1.165) is 15.7 Å². The van der Waals surface area contributed by atoms with E-state index in [0.29, 0.717) is 14.9 Å². The van der Waals surface area contributed by atoms with Gasteiger partial charge in [-0.25, -0.2) is 5.43 Å². The maximum Gasteiger partial charge on any atom is 0.278 e. The summed E-state index contributed by atoms with van der Waals surface area (Å²) in [6, 6.07) is 13.7. The highest BCUT2D eigenvalue weighted by Crippen LogP contribution is 2.30. The molecule has 0 aliphatic carbocycles. The summed E-state index contributed by atoms with van der Waals surface area (Å²) in [5, 5.41) is 23.6. The van der Waals surface area contributed by atoms with Crippen molar-refractivity contribution >= 4 is 64.3 Å². The number of para-hydroxylation sites is 1. The summed E-state index contributed by atoms with van der Waals surface area (Å²) >= 11 is 10.1. The number of hydrogen-bond donors (Lipinski definition) is 1. The molecule has 1 aromatic heterocycles. The van der Waals surface area contributed by atoms with Gasteiger partial charge in [-0.15, -0.1) is 10.2 Å². The number of nitrogens with one attached hydrogen (secondary N) is 1. The smallest absolute Gasteiger partial charge is 0.272 e. The Hall–Kier alpha value is -2.47. The molecule has 154 valence electrons. The molecule has 2 aromatic carbocycles. The summed E-state index contributed by atoms with van der Waals surface area (Å²) in [6.45, 7) is 0. The maximum atomic E-state index is 11.9. The first-order chi connectivity index (χ1) is 14.5. The van der Waals surface area contributed by atoms with Gasteiger partial charge in [0.2, 0.25) is 0 Å². The Bertz CT molecular complexity index is 1060. The second-order valence-corrected chi connectivity index (χ2v) is 9.51. The molecule has 0 saturated heterocycles. The molecular formula is C18H14ClN5O3S3. The van der Waals surface area contributed by atoms with Crippen LogP contribution in [0, 0.1) is 10.1 Å². The molecule has 0 saturated carbocycles. The molecule has 3 rings (SSSR count). The zero-order valence-corrected chi connectivity index (χ0v) is 18.4. The highest BCUT2D eigenvalue weighted by Gasteiger charge is 2.11. The van der Waals surface area contributed by atoms with Gasteiger partial charge >= 0.3 is 0 Å². The molecule has 3 aromatic rings. The van der Waals surface area contributed by atoms with E-state index in [9.17, 15) is 14.9 Å². The van der Waals surface area contributed by atoms with Crippen molar-refractivity contribution < 1.29 is 9.72 Å². The minimum atomic E-state index is -0.503. The number of carbonyl (C=O) groups excluding carboxylic acids is 1. The lowest BCUT2D eigenvalue weighted by atomic mass is 10.2. The van der Waals surface area contributed by atoms with Crippen LogP contribution in [0.1, 0.15) is 11.1 Å². The number of halogens is 1. The Balaban J connectivity index is 1.44. The summed E-state index contributed by atoms with van der Waals surface area (Å²) in [6.07, 6.45) is 1.25. The maximum absolute atomic E-state index is 11.9. The zero-order valence-electron chi connectivity index (χ0n) is 15.2. The number of carbonyl (C=O) groups is 1. The van der Waals surface area contributed by atoms with Crippen molar-refractivity contribution in [1.82, 2.24) is 15.6 Å². The molecule has 1 N–H and O–H groups in total. The SMILES string of the molecule is O=C(CSc1nnc(SCc2ccc(Cl)cc2)s1)N/N=C/c1ccccc1[N+](=O)[O-]. The minimum absolute atomic E-state index is 0.0811. The predicted molar refractivity (Wildman–Crippen MR) is 120 cm³/mol. The highest BCUT2D eigenvalue weighted by molar-refractivity contribution is 8.03. The largest absolute Gasteiger partial charge is 0.278 e. The van der Waals surface area contributed by atoms with Gasteiger partial charge < -0.3 is 0 Å². The lowest BCUT2D eigenvalue weighted by molar-refractivity contribution is -0.385. The molecule has 0 fully saturated rings. The fourth-order valence-corrected chi connectivity index (χ4v) is 5.03. The molecule has 0 atom stereocenters. The second kappa shape index (κ2) is 11.1. The van der Waals surface area contributed by atoms with E-state index < -0.39 is 4.92 Å². The van der Waals surface area contributed by atoms with Crippen molar-refractivity contribution in [3.8, 4) is 0 Å². The number of hydrogen-bond acceptors (Lipinski definition) is 9. The third-order valence-electron chi connectivity index (χ3n) is 3.52. The van der Waals surface area contributed by atoms with E-state index in [1.807, 2.05) is 24.3 Å². The average Bonchev–Trinajstić information content (AvgIpc) is 3.20. The van der Waals surface area contributed by atoms with Crippen LogP contribution in [0.25, 0.3) is 0 Å². The van der Waals surface area contributed by atoms with Gasteiger partial charge in [-0.1, -0.05) is 70.7 Å². The first-order valence-corrected chi connectivity index (χ1v) is 11.6. The Morgan fingerprint density at radius 1 is 1.17 bits per heavy atom. The van der Waals surface area contributed by atoms with Crippen LogP contribution >= 0.6 is 46.5 Å².